The molecule has 1 unspecified atom stereocenters. The number of sulfonamides is 1. The zero-order valence-corrected chi connectivity index (χ0v) is 12.1. The fraction of sp³-hybridized carbons (Fsp3) is 0.500. The van der Waals surface area contributed by atoms with Crippen molar-refractivity contribution in [3.63, 3.8) is 0 Å². The maximum atomic E-state index is 11.9. The number of hydrogen-bond donors (Lipinski definition) is 2. The van der Waals surface area contributed by atoms with Crippen LogP contribution in [0.1, 0.15) is 22.7 Å². The smallest absolute Gasteiger partial charge is 0.371 e. The van der Waals surface area contributed by atoms with E-state index in [0.717, 1.165) is 6.07 Å². The van der Waals surface area contributed by atoms with Gasteiger partial charge in [0.25, 0.3) is 0 Å². The first kappa shape index (κ1) is 15.9. The first-order valence-electron chi connectivity index (χ1n) is 5.37. The molecule has 108 valence electrons. The van der Waals surface area contributed by atoms with Gasteiger partial charge in [-0.2, -0.15) is 0 Å². The van der Waals surface area contributed by atoms with Gasteiger partial charge in [-0.15, -0.1) is 0 Å². The van der Waals surface area contributed by atoms with Gasteiger partial charge in [-0.05, 0) is 13.3 Å². The Balaban J connectivity index is 2.77. The number of aromatic carboxylic acids is 1. The molecule has 1 heterocycles. The molecule has 0 saturated heterocycles. The topological polar surface area (TPSA) is 114 Å². The molecule has 0 aromatic carbocycles. The third kappa shape index (κ3) is 4.44. The van der Waals surface area contributed by atoms with E-state index in [4.69, 9.17) is 9.52 Å². The highest BCUT2D eigenvalue weighted by molar-refractivity contribution is 7.89. The SMILES string of the molecule is Cc1oc(C(=O)O)cc1S(=O)(=O)NCCCS(C)=O. The minimum atomic E-state index is -3.81. The summed E-state index contributed by atoms with van der Waals surface area (Å²) < 4.78 is 41.8. The second-order valence-corrected chi connectivity index (χ2v) is 7.15. The number of hydrogen-bond acceptors (Lipinski definition) is 5. The van der Waals surface area contributed by atoms with Crippen LogP contribution in [0.5, 0.6) is 0 Å². The van der Waals surface area contributed by atoms with Gasteiger partial charge in [0, 0.05) is 35.4 Å². The lowest BCUT2D eigenvalue weighted by Gasteiger charge is -2.04. The molecule has 7 nitrogen and oxygen atoms in total. The summed E-state index contributed by atoms with van der Waals surface area (Å²) in [5, 5.41) is 8.72. The summed E-state index contributed by atoms with van der Waals surface area (Å²) in [4.78, 5) is 10.5. The van der Waals surface area contributed by atoms with Gasteiger partial charge in [0.2, 0.25) is 15.8 Å². The second kappa shape index (κ2) is 6.31. The number of aryl methyl sites for hydroxylation is 1. The third-order valence-electron chi connectivity index (χ3n) is 2.27. The van der Waals surface area contributed by atoms with Crippen LogP contribution in [-0.4, -0.2) is 42.3 Å². The van der Waals surface area contributed by atoms with Crippen LogP contribution in [0, 0.1) is 6.92 Å². The summed E-state index contributed by atoms with van der Waals surface area (Å²) in [6.07, 6.45) is 1.97. The van der Waals surface area contributed by atoms with E-state index in [1.165, 1.54) is 13.2 Å². The summed E-state index contributed by atoms with van der Waals surface area (Å²) in [7, 11) is -4.78. The fourth-order valence-corrected chi connectivity index (χ4v) is 3.20. The van der Waals surface area contributed by atoms with E-state index in [-0.39, 0.29) is 17.2 Å². The van der Waals surface area contributed by atoms with Gasteiger partial charge in [-0.3, -0.25) is 4.21 Å². The first-order chi connectivity index (χ1) is 8.74. The van der Waals surface area contributed by atoms with Crippen LogP contribution in [0.3, 0.4) is 0 Å². The van der Waals surface area contributed by atoms with Crippen LogP contribution in [0.4, 0.5) is 0 Å². The Morgan fingerprint density at radius 3 is 2.63 bits per heavy atom. The molecular weight excluding hydrogens is 294 g/mol. The lowest BCUT2D eigenvalue weighted by molar-refractivity contribution is 0.0661. The highest BCUT2D eigenvalue weighted by atomic mass is 32.2. The molecule has 0 aliphatic carbocycles. The van der Waals surface area contributed by atoms with Gasteiger partial charge in [-0.25, -0.2) is 17.9 Å². The largest absolute Gasteiger partial charge is 0.475 e. The molecule has 0 amide bonds. The molecule has 2 N–H and O–H groups in total. The average Bonchev–Trinajstić information content (AvgIpc) is 2.67. The summed E-state index contributed by atoms with van der Waals surface area (Å²) in [5.41, 5.74) is 0. The monoisotopic (exact) mass is 309 g/mol. The Hall–Kier alpha value is -1.19. The van der Waals surface area contributed by atoms with E-state index in [2.05, 4.69) is 4.72 Å². The number of carboxylic acid groups (broad SMARTS) is 1. The Kier molecular flexibility index (Phi) is 5.27. The molecule has 1 atom stereocenters. The molecule has 1 aromatic rings. The van der Waals surface area contributed by atoms with Gasteiger partial charge in [0.15, 0.2) is 0 Å². The minimum Gasteiger partial charge on any atom is -0.475 e. The van der Waals surface area contributed by atoms with Crippen molar-refractivity contribution in [1.29, 1.82) is 0 Å². The highest BCUT2D eigenvalue weighted by Crippen LogP contribution is 2.19. The van der Waals surface area contributed by atoms with Crippen molar-refractivity contribution < 1.29 is 26.9 Å². The summed E-state index contributed by atoms with van der Waals surface area (Å²) in [6.45, 7) is 1.51. The lowest BCUT2D eigenvalue weighted by atomic mass is 10.4. The third-order valence-corrected chi connectivity index (χ3v) is 4.71. The number of rotatable bonds is 7. The van der Waals surface area contributed by atoms with Crippen molar-refractivity contribution in [2.24, 2.45) is 0 Å². The van der Waals surface area contributed by atoms with Crippen LogP contribution in [0.15, 0.2) is 15.4 Å². The van der Waals surface area contributed by atoms with Crippen molar-refractivity contribution in [3.8, 4) is 0 Å². The van der Waals surface area contributed by atoms with E-state index in [1.807, 2.05) is 0 Å². The quantitative estimate of drug-likeness (QED) is 0.702. The zero-order valence-electron chi connectivity index (χ0n) is 10.5. The predicted octanol–water partition coefficient (Wildman–Crippen LogP) is 0.333. The van der Waals surface area contributed by atoms with Crippen LogP contribution in [0.25, 0.3) is 0 Å². The normalized spacial score (nSPS) is 13.4. The van der Waals surface area contributed by atoms with Crippen LogP contribution in [0.2, 0.25) is 0 Å². The molecule has 0 aliphatic rings. The first-order valence-corrected chi connectivity index (χ1v) is 8.58. The maximum Gasteiger partial charge on any atom is 0.371 e. The van der Waals surface area contributed by atoms with Crippen LogP contribution >= 0.6 is 0 Å². The Labute approximate surface area is 113 Å². The van der Waals surface area contributed by atoms with Crippen molar-refractivity contribution in [1.82, 2.24) is 4.72 Å². The standard InChI is InChI=1S/C10H15NO6S2/c1-7-9(6-8(17-7)10(12)13)19(15,16)11-4-3-5-18(2)14/h6,11H,3-5H2,1-2H3,(H,12,13). The molecular formula is C10H15NO6S2. The van der Waals surface area contributed by atoms with E-state index in [1.54, 1.807) is 0 Å². The van der Waals surface area contributed by atoms with E-state index < -0.39 is 32.6 Å². The van der Waals surface area contributed by atoms with E-state index >= 15 is 0 Å². The van der Waals surface area contributed by atoms with Gasteiger partial charge in [0.1, 0.15) is 10.7 Å². The average molecular weight is 309 g/mol. The highest BCUT2D eigenvalue weighted by Gasteiger charge is 2.23. The minimum absolute atomic E-state index is 0.0176. The zero-order chi connectivity index (χ0) is 14.6. The summed E-state index contributed by atoms with van der Waals surface area (Å²) >= 11 is 0. The molecule has 19 heavy (non-hydrogen) atoms. The van der Waals surface area contributed by atoms with Crippen molar-refractivity contribution in [2.75, 3.05) is 18.6 Å². The lowest BCUT2D eigenvalue weighted by Crippen LogP contribution is -2.25. The molecule has 1 rings (SSSR count). The predicted molar refractivity (Wildman–Crippen MR) is 69.1 cm³/mol. The Morgan fingerprint density at radius 2 is 2.16 bits per heavy atom. The Bertz CT molecular complexity index is 589. The number of nitrogens with one attached hydrogen (secondary N) is 1. The molecule has 9 heteroatoms. The van der Waals surface area contributed by atoms with E-state index in [9.17, 15) is 17.4 Å². The molecule has 0 saturated carbocycles. The number of carbonyl (C=O) groups is 1. The van der Waals surface area contributed by atoms with Crippen LogP contribution < -0.4 is 4.72 Å². The fourth-order valence-electron chi connectivity index (χ4n) is 1.40. The molecule has 0 bridgehead atoms. The van der Waals surface area contributed by atoms with Gasteiger partial charge in [0.05, 0.1) is 0 Å². The van der Waals surface area contributed by atoms with Crippen molar-refractivity contribution in [2.45, 2.75) is 18.2 Å². The Morgan fingerprint density at radius 1 is 1.53 bits per heavy atom. The maximum absolute atomic E-state index is 11.9. The number of carboxylic acids is 1. The van der Waals surface area contributed by atoms with E-state index in [0.29, 0.717) is 12.2 Å². The second-order valence-electron chi connectivity index (χ2n) is 3.86. The molecule has 0 aliphatic heterocycles. The van der Waals surface area contributed by atoms with Crippen molar-refractivity contribution in [3.05, 3.63) is 17.6 Å². The summed E-state index contributed by atoms with van der Waals surface area (Å²) in [6, 6.07) is 0.970. The molecule has 1 aromatic heterocycles. The number of furan rings is 1. The molecule has 0 radical (unpaired) electrons. The van der Waals surface area contributed by atoms with Gasteiger partial charge >= 0.3 is 5.97 Å². The van der Waals surface area contributed by atoms with Crippen molar-refractivity contribution >= 4 is 26.8 Å². The molecule has 0 spiro atoms. The molecule has 0 fully saturated rings. The van der Waals surface area contributed by atoms with Gasteiger partial charge in [-0.1, -0.05) is 0 Å². The van der Waals surface area contributed by atoms with Gasteiger partial charge < -0.3 is 9.52 Å². The summed E-state index contributed by atoms with van der Waals surface area (Å²) in [5.74, 6) is -1.34. The van der Waals surface area contributed by atoms with Crippen LogP contribution in [-0.2, 0) is 20.8 Å².